The molecule has 0 unspecified atom stereocenters. The van der Waals surface area contributed by atoms with Crippen LogP contribution in [0.2, 0.25) is 0 Å². The van der Waals surface area contributed by atoms with Crippen LogP contribution >= 0.6 is 0 Å². The van der Waals surface area contributed by atoms with Gasteiger partial charge in [0.2, 0.25) is 0 Å². The second-order valence-electron chi connectivity index (χ2n) is 6.98. The lowest BCUT2D eigenvalue weighted by Gasteiger charge is -2.32. The first kappa shape index (κ1) is 13.8. The summed E-state index contributed by atoms with van der Waals surface area (Å²) in [7, 11) is 6.03. The van der Waals surface area contributed by atoms with E-state index in [2.05, 4.69) is 56.3 Å². The third-order valence-electron chi connectivity index (χ3n) is 3.82. The van der Waals surface area contributed by atoms with E-state index in [1.54, 1.807) is 0 Å². The maximum absolute atomic E-state index is 6.00. The average molecular weight is 244 g/mol. The summed E-state index contributed by atoms with van der Waals surface area (Å²) in [6.07, 6.45) is 3.83. The first-order chi connectivity index (χ1) is 8.03. The Bertz CT molecular complexity index is 437. The Morgan fingerprint density at radius 3 is 2.06 bits per heavy atom. The molecular formula is C10H20B4N2O2. The molecule has 1 aliphatic heterocycles. The third-order valence-corrected chi connectivity index (χ3v) is 3.82. The van der Waals surface area contributed by atoms with Gasteiger partial charge in [-0.05, 0) is 32.9 Å². The first-order valence-electron chi connectivity index (χ1n) is 6.44. The molecule has 0 amide bonds. The highest BCUT2D eigenvalue weighted by Crippen LogP contribution is 2.36. The molecule has 0 radical (unpaired) electrons. The molecule has 1 aromatic heterocycles. The highest BCUT2D eigenvalue weighted by atomic mass is 16.7. The van der Waals surface area contributed by atoms with Gasteiger partial charge in [-0.3, -0.25) is 4.68 Å². The maximum atomic E-state index is 6.00. The van der Waals surface area contributed by atoms with Crippen LogP contribution in [0.3, 0.4) is 0 Å². The number of hydrogen-bond donors (Lipinski definition) is 0. The third kappa shape index (κ3) is 2.28. The Hall–Kier alpha value is -0.610. The van der Waals surface area contributed by atoms with Gasteiger partial charge in [-0.2, -0.15) is 5.10 Å². The second-order valence-corrected chi connectivity index (χ2v) is 6.98. The second kappa shape index (κ2) is 3.94. The molecule has 2 rings (SSSR count). The largest absolute Gasteiger partial charge is 0.498 e. The topological polar surface area (TPSA) is 36.3 Å². The molecule has 2 heterocycles. The SMILES string of the molecule is BC(B)(B)n1cc(B2OC(C)(C)C(C)(C)O2)cn1. The molecule has 94 valence electrons. The normalized spacial score (nSPS) is 22.3. The van der Waals surface area contributed by atoms with Crippen molar-refractivity contribution in [3.8, 4) is 0 Å². The Morgan fingerprint density at radius 1 is 1.17 bits per heavy atom. The molecule has 0 aliphatic carbocycles. The standard InChI is InChI=1S/C10H20B4N2O2/c1-8(2)9(3,4)18-14(17-8)7-5-15-16(6-7)10(11,12)13/h5-6H,11-13H2,1-4H3. The van der Waals surface area contributed by atoms with Crippen molar-refractivity contribution in [2.45, 2.75) is 44.1 Å². The summed E-state index contributed by atoms with van der Waals surface area (Å²) >= 11 is 0. The molecule has 1 saturated heterocycles. The molecule has 8 heteroatoms. The summed E-state index contributed by atoms with van der Waals surface area (Å²) in [6, 6.07) is 0. The van der Waals surface area contributed by atoms with Crippen LogP contribution in [0.5, 0.6) is 0 Å². The van der Waals surface area contributed by atoms with Crippen LogP contribution in [0.25, 0.3) is 0 Å². The molecule has 0 atom stereocenters. The Kier molecular flexibility index (Phi) is 3.02. The van der Waals surface area contributed by atoms with Gasteiger partial charge < -0.3 is 9.31 Å². The van der Waals surface area contributed by atoms with Crippen LogP contribution in [0, 0.1) is 0 Å². The Morgan fingerprint density at radius 2 is 1.67 bits per heavy atom. The van der Waals surface area contributed by atoms with E-state index < -0.39 is 0 Å². The van der Waals surface area contributed by atoms with E-state index in [9.17, 15) is 0 Å². The van der Waals surface area contributed by atoms with E-state index >= 15 is 0 Å². The molecule has 0 N–H and O–H groups in total. The number of aromatic nitrogens is 2. The van der Waals surface area contributed by atoms with Gasteiger partial charge in [0, 0.05) is 17.9 Å². The lowest BCUT2D eigenvalue weighted by molar-refractivity contribution is 0.00578. The molecule has 1 aromatic rings. The van der Waals surface area contributed by atoms with E-state index in [1.165, 1.54) is 0 Å². The highest BCUT2D eigenvalue weighted by molar-refractivity contribution is 6.62. The minimum atomic E-state index is -0.328. The quantitative estimate of drug-likeness (QED) is 0.546. The fraction of sp³-hybridized carbons (Fsp3) is 0.700. The Balaban J connectivity index is 2.23. The van der Waals surface area contributed by atoms with Crippen LogP contribution in [0.4, 0.5) is 0 Å². The van der Waals surface area contributed by atoms with Crippen molar-refractivity contribution in [3.63, 3.8) is 0 Å². The fourth-order valence-electron chi connectivity index (χ4n) is 1.80. The smallest absolute Gasteiger partial charge is 0.399 e. The lowest BCUT2D eigenvalue weighted by atomic mass is 9.49. The zero-order valence-corrected chi connectivity index (χ0v) is 12.4. The van der Waals surface area contributed by atoms with Gasteiger partial charge in [-0.1, -0.05) is 0 Å². The Labute approximate surface area is 112 Å². The fourth-order valence-corrected chi connectivity index (χ4v) is 1.80. The summed E-state index contributed by atoms with van der Waals surface area (Å²) < 4.78 is 13.9. The number of hydrogen-bond acceptors (Lipinski definition) is 3. The van der Waals surface area contributed by atoms with Gasteiger partial charge >= 0.3 is 7.12 Å². The summed E-state index contributed by atoms with van der Waals surface area (Å²) in [5, 5.41) is 4.36. The van der Waals surface area contributed by atoms with Gasteiger partial charge in [0.15, 0.2) is 0 Å². The van der Waals surface area contributed by atoms with Gasteiger partial charge in [0.05, 0.1) is 11.2 Å². The highest BCUT2D eigenvalue weighted by Gasteiger charge is 2.52. The minimum Gasteiger partial charge on any atom is -0.399 e. The summed E-state index contributed by atoms with van der Waals surface area (Å²) in [5.41, 5.74) is 0.367. The van der Waals surface area contributed by atoms with E-state index in [4.69, 9.17) is 9.31 Å². The van der Waals surface area contributed by atoms with Gasteiger partial charge in [-0.25, -0.2) is 0 Å². The van der Waals surface area contributed by atoms with E-state index in [1.807, 2.05) is 17.1 Å². The monoisotopic (exact) mass is 244 g/mol. The number of rotatable bonds is 2. The predicted octanol–water partition coefficient (Wildman–Crippen LogP) is -2.35. The molecule has 1 aliphatic rings. The molecule has 0 bridgehead atoms. The zero-order chi connectivity index (χ0) is 13.8. The van der Waals surface area contributed by atoms with Crippen LogP contribution in [-0.4, -0.2) is 51.6 Å². The maximum Gasteiger partial charge on any atom is 0.498 e. The number of nitrogens with zero attached hydrogens (tertiary/aromatic N) is 2. The molecular weight excluding hydrogens is 223 g/mol. The summed E-state index contributed by atoms with van der Waals surface area (Å²) in [4.78, 5) is 0. The molecule has 0 saturated carbocycles. The first-order valence-corrected chi connectivity index (χ1v) is 6.44. The van der Waals surface area contributed by atoms with Crippen molar-refractivity contribution < 1.29 is 9.31 Å². The van der Waals surface area contributed by atoms with E-state index in [-0.39, 0.29) is 23.6 Å². The average Bonchev–Trinajstić information content (AvgIpc) is 2.69. The summed E-state index contributed by atoms with van der Waals surface area (Å²) in [5.74, 6) is 0. The van der Waals surface area contributed by atoms with Gasteiger partial charge in [0.25, 0.3) is 0 Å². The zero-order valence-electron chi connectivity index (χ0n) is 12.4. The van der Waals surface area contributed by atoms with Crippen LogP contribution < -0.4 is 5.46 Å². The van der Waals surface area contributed by atoms with Crippen LogP contribution in [0.15, 0.2) is 12.4 Å². The molecule has 4 nitrogen and oxygen atoms in total. The summed E-state index contributed by atoms with van der Waals surface area (Å²) in [6.45, 7) is 8.23. The lowest BCUT2D eigenvalue weighted by Crippen LogP contribution is -2.41. The molecule has 1 fully saturated rings. The molecule has 0 aromatic carbocycles. The van der Waals surface area contributed by atoms with Crippen molar-refractivity contribution in [2.75, 3.05) is 0 Å². The van der Waals surface area contributed by atoms with Crippen LogP contribution in [-0.2, 0) is 14.5 Å². The minimum absolute atomic E-state index is 0.0259. The van der Waals surface area contributed by atoms with Crippen molar-refractivity contribution in [2.24, 2.45) is 0 Å². The van der Waals surface area contributed by atoms with Crippen molar-refractivity contribution >= 4 is 36.1 Å². The van der Waals surface area contributed by atoms with E-state index in [0.717, 1.165) is 5.46 Å². The molecule has 18 heavy (non-hydrogen) atoms. The van der Waals surface area contributed by atoms with E-state index in [0.29, 0.717) is 0 Å². The van der Waals surface area contributed by atoms with Crippen molar-refractivity contribution in [1.82, 2.24) is 9.78 Å². The van der Waals surface area contributed by atoms with Crippen molar-refractivity contribution in [1.29, 1.82) is 0 Å². The van der Waals surface area contributed by atoms with Crippen molar-refractivity contribution in [3.05, 3.63) is 12.4 Å². The van der Waals surface area contributed by atoms with Crippen LogP contribution in [0.1, 0.15) is 27.7 Å². The van der Waals surface area contributed by atoms with Gasteiger partial charge in [-0.15, -0.1) is 0 Å². The van der Waals surface area contributed by atoms with Gasteiger partial charge in [0.1, 0.15) is 23.5 Å². The molecule has 0 spiro atoms. The predicted molar refractivity (Wildman–Crippen MR) is 81.5 cm³/mol.